The minimum absolute atomic E-state index is 0.0354. The molecule has 1 amide bonds. The van der Waals surface area contributed by atoms with E-state index in [1.165, 1.54) is 0 Å². The molecule has 1 N–H and O–H groups in total. The molecule has 0 aliphatic rings. The quantitative estimate of drug-likeness (QED) is 0.573. The zero-order valence-corrected chi connectivity index (χ0v) is 17.7. The summed E-state index contributed by atoms with van der Waals surface area (Å²) in [6, 6.07) is 15.7. The number of hydrogen-bond donors (Lipinski definition) is 1. The Morgan fingerprint density at radius 2 is 1.89 bits per heavy atom. The molecule has 0 aliphatic heterocycles. The van der Waals surface area contributed by atoms with Crippen molar-refractivity contribution < 1.29 is 14.3 Å². The van der Waals surface area contributed by atoms with Crippen molar-refractivity contribution in [2.24, 2.45) is 0 Å². The number of nitrogens with one attached hydrogen (secondary N) is 1. The first-order valence-corrected chi connectivity index (χ1v) is 9.74. The third-order valence-electron chi connectivity index (χ3n) is 4.23. The topological polar surface area (TPSA) is 50.8 Å². The molecule has 0 heterocycles. The highest BCUT2D eigenvalue weighted by atomic mass is 79.9. The molecular weight excluding hydrogens is 408 g/mol. The van der Waals surface area contributed by atoms with Gasteiger partial charge in [0.2, 0.25) is 5.91 Å². The first-order valence-electron chi connectivity index (χ1n) is 8.95. The average molecular weight is 435 g/mol. The van der Waals surface area contributed by atoms with Crippen LogP contribution in [0.4, 0.5) is 0 Å². The van der Waals surface area contributed by atoms with Crippen molar-refractivity contribution in [2.75, 3.05) is 34.4 Å². The number of carbonyl (C=O) groups excluding carboxylic acids is 1. The molecule has 0 saturated heterocycles. The van der Waals surface area contributed by atoms with Gasteiger partial charge in [-0.05, 0) is 56.4 Å². The molecule has 2 aromatic rings. The van der Waals surface area contributed by atoms with Gasteiger partial charge in [-0.1, -0.05) is 34.1 Å². The van der Waals surface area contributed by atoms with Crippen LogP contribution in [0.25, 0.3) is 0 Å². The van der Waals surface area contributed by atoms with Crippen molar-refractivity contribution in [3.8, 4) is 11.5 Å². The second kappa shape index (κ2) is 10.9. The Labute approximate surface area is 169 Å². The Hall–Kier alpha value is -2.05. The van der Waals surface area contributed by atoms with Crippen LogP contribution in [0.3, 0.4) is 0 Å². The number of benzene rings is 2. The summed E-state index contributed by atoms with van der Waals surface area (Å²) in [6.07, 6.45) is 1.12. The van der Waals surface area contributed by atoms with Gasteiger partial charge in [0, 0.05) is 17.4 Å². The van der Waals surface area contributed by atoms with Crippen LogP contribution in [0.5, 0.6) is 11.5 Å². The van der Waals surface area contributed by atoms with Crippen LogP contribution >= 0.6 is 15.9 Å². The molecule has 2 aromatic carbocycles. The van der Waals surface area contributed by atoms with E-state index in [4.69, 9.17) is 9.47 Å². The summed E-state index contributed by atoms with van der Waals surface area (Å²) in [4.78, 5) is 14.3. The SMILES string of the molecule is COc1ccc(C(CNC(=O)CCCOc2cccc(Br)c2)N(C)C)cc1. The monoisotopic (exact) mass is 434 g/mol. The zero-order valence-electron chi connectivity index (χ0n) is 16.1. The molecule has 6 heteroatoms. The van der Waals surface area contributed by atoms with E-state index in [1.807, 2.05) is 62.6 Å². The Morgan fingerprint density at radius 3 is 2.52 bits per heavy atom. The van der Waals surface area contributed by atoms with E-state index in [0.717, 1.165) is 21.5 Å². The minimum Gasteiger partial charge on any atom is -0.497 e. The molecule has 0 saturated carbocycles. The number of nitrogens with zero attached hydrogens (tertiary/aromatic N) is 1. The fraction of sp³-hybridized carbons (Fsp3) is 0.381. The first kappa shape index (κ1) is 21.3. The van der Waals surface area contributed by atoms with Crippen LogP contribution in [0.15, 0.2) is 53.0 Å². The number of rotatable bonds is 10. The van der Waals surface area contributed by atoms with Gasteiger partial charge in [0.05, 0.1) is 19.8 Å². The van der Waals surface area contributed by atoms with Crippen molar-refractivity contribution in [1.29, 1.82) is 0 Å². The van der Waals surface area contributed by atoms with Gasteiger partial charge in [0.15, 0.2) is 0 Å². The van der Waals surface area contributed by atoms with Gasteiger partial charge in [-0.3, -0.25) is 4.79 Å². The zero-order chi connectivity index (χ0) is 19.6. The summed E-state index contributed by atoms with van der Waals surface area (Å²) in [7, 11) is 5.67. The number of likely N-dealkylation sites (N-methyl/N-ethyl adjacent to an activating group) is 1. The average Bonchev–Trinajstić information content (AvgIpc) is 2.66. The minimum atomic E-state index is 0.0354. The van der Waals surface area contributed by atoms with Gasteiger partial charge >= 0.3 is 0 Å². The highest BCUT2D eigenvalue weighted by molar-refractivity contribution is 9.10. The maximum atomic E-state index is 12.2. The van der Waals surface area contributed by atoms with Gasteiger partial charge in [-0.2, -0.15) is 0 Å². The molecule has 0 radical (unpaired) electrons. The summed E-state index contributed by atoms with van der Waals surface area (Å²) in [5.41, 5.74) is 1.14. The molecule has 27 heavy (non-hydrogen) atoms. The van der Waals surface area contributed by atoms with Crippen LogP contribution in [0.1, 0.15) is 24.4 Å². The molecule has 1 unspecified atom stereocenters. The molecule has 1 atom stereocenters. The first-order chi connectivity index (χ1) is 13.0. The Kier molecular flexibility index (Phi) is 8.61. The summed E-state index contributed by atoms with van der Waals surface area (Å²) < 4.78 is 11.8. The lowest BCUT2D eigenvalue weighted by Gasteiger charge is -2.25. The van der Waals surface area contributed by atoms with E-state index in [2.05, 4.69) is 26.1 Å². The van der Waals surface area contributed by atoms with Gasteiger partial charge in [0.25, 0.3) is 0 Å². The third-order valence-corrected chi connectivity index (χ3v) is 4.72. The summed E-state index contributed by atoms with van der Waals surface area (Å²) in [5.74, 6) is 1.66. The maximum absolute atomic E-state index is 12.2. The van der Waals surface area contributed by atoms with Crippen molar-refractivity contribution in [3.05, 3.63) is 58.6 Å². The van der Waals surface area contributed by atoms with Crippen molar-refractivity contribution in [1.82, 2.24) is 10.2 Å². The van der Waals surface area contributed by atoms with Crippen molar-refractivity contribution in [2.45, 2.75) is 18.9 Å². The molecule has 2 rings (SSSR count). The summed E-state index contributed by atoms with van der Waals surface area (Å²) in [5, 5.41) is 3.02. The van der Waals surface area contributed by atoms with Crippen LogP contribution in [0.2, 0.25) is 0 Å². The lowest BCUT2D eigenvalue weighted by atomic mass is 10.1. The lowest BCUT2D eigenvalue weighted by molar-refractivity contribution is -0.121. The number of ether oxygens (including phenoxy) is 2. The van der Waals surface area contributed by atoms with E-state index in [9.17, 15) is 4.79 Å². The predicted molar refractivity (Wildman–Crippen MR) is 111 cm³/mol. The second-order valence-corrected chi connectivity index (χ2v) is 7.38. The maximum Gasteiger partial charge on any atom is 0.220 e. The van der Waals surface area contributed by atoms with E-state index in [-0.39, 0.29) is 11.9 Å². The second-order valence-electron chi connectivity index (χ2n) is 6.47. The molecule has 0 bridgehead atoms. The molecule has 0 aliphatic carbocycles. The van der Waals surface area contributed by atoms with Crippen LogP contribution < -0.4 is 14.8 Å². The summed E-state index contributed by atoms with van der Waals surface area (Å²) in [6.45, 7) is 1.07. The smallest absolute Gasteiger partial charge is 0.220 e. The van der Waals surface area contributed by atoms with E-state index in [0.29, 0.717) is 26.0 Å². The van der Waals surface area contributed by atoms with Crippen molar-refractivity contribution in [3.63, 3.8) is 0 Å². The third kappa shape index (κ3) is 7.23. The lowest BCUT2D eigenvalue weighted by Crippen LogP contribution is -2.34. The molecule has 0 fully saturated rings. The van der Waals surface area contributed by atoms with E-state index < -0.39 is 0 Å². The molecular formula is C21H27BrN2O3. The van der Waals surface area contributed by atoms with Gasteiger partial charge in [-0.25, -0.2) is 0 Å². The number of hydrogen-bond acceptors (Lipinski definition) is 4. The number of amides is 1. The van der Waals surface area contributed by atoms with Crippen LogP contribution in [0, 0.1) is 0 Å². The number of carbonyl (C=O) groups is 1. The van der Waals surface area contributed by atoms with E-state index >= 15 is 0 Å². The standard InChI is InChI=1S/C21H27BrN2O3/c1-24(2)20(16-9-11-18(26-3)12-10-16)15-23-21(25)8-5-13-27-19-7-4-6-17(22)14-19/h4,6-7,9-12,14,20H,5,8,13,15H2,1-3H3,(H,23,25). The fourth-order valence-electron chi connectivity index (χ4n) is 2.70. The van der Waals surface area contributed by atoms with Crippen molar-refractivity contribution >= 4 is 21.8 Å². The van der Waals surface area contributed by atoms with Gasteiger partial charge < -0.3 is 19.7 Å². The molecule has 0 spiro atoms. The van der Waals surface area contributed by atoms with Crippen LogP contribution in [-0.4, -0.2) is 45.2 Å². The Bertz CT molecular complexity index is 720. The molecule has 5 nitrogen and oxygen atoms in total. The predicted octanol–water partition coefficient (Wildman–Crippen LogP) is 4.04. The Morgan fingerprint density at radius 1 is 1.15 bits per heavy atom. The number of halogens is 1. The normalized spacial score (nSPS) is 11.9. The van der Waals surface area contributed by atoms with Gasteiger partial charge in [-0.15, -0.1) is 0 Å². The molecule has 146 valence electrons. The fourth-order valence-corrected chi connectivity index (χ4v) is 3.08. The number of methoxy groups -OCH3 is 1. The molecule has 0 aromatic heterocycles. The highest BCUT2D eigenvalue weighted by Gasteiger charge is 2.15. The van der Waals surface area contributed by atoms with E-state index in [1.54, 1.807) is 7.11 Å². The highest BCUT2D eigenvalue weighted by Crippen LogP contribution is 2.21. The van der Waals surface area contributed by atoms with Crippen LogP contribution in [-0.2, 0) is 4.79 Å². The van der Waals surface area contributed by atoms with Gasteiger partial charge in [0.1, 0.15) is 11.5 Å². The summed E-state index contributed by atoms with van der Waals surface area (Å²) >= 11 is 3.41. The largest absolute Gasteiger partial charge is 0.497 e. The Balaban J connectivity index is 1.74.